The van der Waals surface area contributed by atoms with E-state index in [4.69, 9.17) is 4.74 Å². The zero-order chi connectivity index (χ0) is 22.5. The number of amides is 1. The van der Waals surface area contributed by atoms with Gasteiger partial charge in [0.15, 0.2) is 5.78 Å². The third-order valence-corrected chi connectivity index (χ3v) is 6.67. The van der Waals surface area contributed by atoms with E-state index >= 15 is 0 Å². The van der Waals surface area contributed by atoms with Gasteiger partial charge in [-0.15, -0.1) is 12.4 Å². The average Bonchev–Trinajstić information content (AvgIpc) is 3.24. The number of Topliss-reactive ketones (excluding diaryl/α,β-unsaturated/α-hetero) is 1. The molecule has 1 unspecified atom stereocenters. The van der Waals surface area contributed by atoms with Crippen molar-refractivity contribution in [2.45, 2.75) is 64.3 Å². The highest BCUT2D eigenvalue weighted by atomic mass is 35.5. The fourth-order valence-electron chi connectivity index (χ4n) is 4.97. The van der Waals surface area contributed by atoms with Crippen LogP contribution in [0.1, 0.15) is 66.1 Å². The van der Waals surface area contributed by atoms with Crippen molar-refractivity contribution < 1.29 is 14.3 Å². The van der Waals surface area contributed by atoms with Gasteiger partial charge < -0.3 is 15.0 Å². The number of methoxy groups -OCH3 is 1. The second-order valence-corrected chi connectivity index (χ2v) is 9.04. The summed E-state index contributed by atoms with van der Waals surface area (Å²) in [5, 5.41) is 3.59. The monoisotopic (exact) mass is 470 g/mol. The Hall–Kier alpha value is -2.37. The Balaban J connectivity index is 0.00000306. The largest absolute Gasteiger partial charge is 0.496 e. The number of aryl methyl sites for hydroxylation is 1. The summed E-state index contributed by atoms with van der Waals surface area (Å²) in [6.45, 7) is 3.92. The fraction of sp³-hybridized carbons (Fsp3) is 0.481. The predicted molar refractivity (Wildman–Crippen MR) is 135 cm³/mol. The lowest BCUT2D eigenvalue weighted by Gasteiger charge is -2.25. The highest BCUT2D eigenvalue weighted by Gasteiger charge is 2.31. The normalized spacial score (nSPS) is 15.1. The maximum absolute atomic E-state index is 12.8. The van der Waals surface area contributed by atoms with E-state index in [0.29, 0.717) is 18.9 Å². The molecule has 33 heavy (non-hydrogen) atoms. The molecule has 0 aromatic heterocycles. The zero-order valence-electron chi connectivity index (χ0n) is 19.7. The number of rotatable bonds is 11. The predicted octanol–water partition coefficient (Wildman–Crippen LogP) is 4.92. The number of ketones is 1. The first-order valence-electron chi connectivity index (χ1n) is 11.9. The van der Waals surface area contributed by atoms with Gasteiger partial charge in [-0.2, -0.15) is 0 Å². The smallest absolute Gasteiger partial charge is 0.227 e. The van der Waals surface area contributed by atoms with Gasteiger partial charge in [-0.3, -0.25) is 9.59 Å². The number of benzene rings is 2. The van der Waals surface area contributed by atoms with Gasteiger partial charge in [0.05, 0.1) is 12.8 Å². The van der Waals surface area contributed by atoms with Gasteiger partial charge in [-0.05, 0) is 80.5 Å². The van der Waals surface area contributed by atoms with Crippen LogP contribution in [0.5, 0.6) is 5.75 Å². The first-order chi connectivity index (χ1) is 15.6. The first kappa shape index (κ1) is 25.3. The van der Waals surface area contributed by atoms with Crippen molar-refractivity contribution in [1.29, 1.82) is 0 Å². The summed E-state index contributed by atoms with van der Waals surface area (Å²) in [5.74, 6) is 1.40. The van der Waals surface area contributed by atoms with Crippen LogP contribution in [0.25, 0.3) is 0 Å². The van der Waals surface area contributed by atoms with E-state index in [2.05, 4.69) is 18.3 Å². The third-order valence-electron chi connectivity index (χ3n) is 6.67. The van der Waals surface area contributed by atoms with Gasteiger partial charge in [0, 0.05) is 31.0 Å². The molecule has 5 nitrogen and oxygen atoms in total. The Morgan fingerprint density at radius 3 is 2.64 bits per heavy atom. The molecule has 0 saturated heterocycles. The van der Waals surface area contributed by atoms with Crippen LogP contribution in [0.15, 0.2) is 36.4 Å². The standard InChI is InChI=1S/C27H34N2O3.ClH/c1-19(16-20-8-5-6-10-25(20)32-2)28-14-7-3-4-9-24(30)23-17-21-11-12-26(31)29-15-13-22(18-23)27(21)29;/h5-6,8,10,17-19,28H,3-4,7,9,11-16H2,1-2H3;1H. The minimum atomic E-state index is 0. The van der Waals surface area contributed by atoms with Crippen molar-refractivity contribution >= 4 is 29.8 Å². The number of ether oxygens (including phenoxy) is 1. The van der Waals surface area contributed by atoms with Gasteiger partial charge in [0.1, 0.15) is 5.75 Å². The first-order valence-corrected chi connectivity index (χ1v) is 11.9. The van der Waals surface area contributed by atoms with Crippen LogP contribution in [-0.2, 0) is 24.1 Å². The van der Waals surface area contributed by atoms with Gasteiger partial charge in [-0.25, -0.2) is 0 Å². The lowest BCUT2D eigenvalue weighted by atomic mass is 9.94. The highest BCUT2D eigenvalue weighted by Crippen LogP contribution is 2.37. The topological polar surface area (TPSA) is 58.6 Å². The summed E-state index contributed by atoms with van der Waals surface area (Å²) in [7, 11) is 1.71. The summed E-state index contributed by atoms with van der Waals surface area (Å²) in [4.78, 5) is 26.8. The minimum absolute atomic E-state index is 0. The van der Waals surface area contributed by atoms with Gasteiger partial charge in [0.25, 0.3) is 0 Å². The van der Waals surface area contributed by atoms with Crippen LogP contribution in [0.3, 0.4) is 0 Å². The van der Waals surface area contributed by atoms with Crippen LogP contribution >= 0.6 is 12.4 Å². The van der Waals surface area contributed by atoms with E-state index in [9.17, 15) is 9.59 Å². The number of carbonyl (C=O) groups is 2. The number of nitrogens with one attached hydrogen (secondary N) is 1. The molecule has 1 N–H and O–H groups in total. The molecule has 0 bridgehead atoms. The van der Waals surface area contributed by atoms with Crippen molar-refractivity contribution in [2.24, 2.45) is 0 Å². The summed E-state index contributed by atoms with van der Waals surface area (Å²) in [5.41, 5.74) is 5.49. The molecule has 6 heteroatoms. The highest BCUT2D eigenvalue weighted by molar-refractivity contribution is 6.02. The van der Waals surface area contributed by atoms with Crippen LogP contribution in [0.4, 0.5) is 5.69 Å². The van der Waals surface area contributed by atoms with E-state index < -0.39 is 0 Å². The maximum Gasteiger partial charge on any atom is 0.227 e. The molecule has 2 aliphatic rings. The van der Waals surface area contributed by atoms with E-state index in [1.165, 1.54) is 16.7 Å². The molecule has 2 aliphatic heterocycles. The fourth-order valence-corrected chi connectivity index (χ4v) is 4.97. The van der Waals surface area contributed by atoms with E-state index in [0.717, 1.165) is 68.6 Å². The summed E-state index contributed by atoms with van der Waals surface area (Å²) in [6.07, 6.45) is 6.75. The van der Waals surface area contributed by atoms with E-state index in [1.54, 1.807) is 7.11 Å². The number of hydrogen-bond donors (Lipinski definition) is 1. The lowest BCUT2D eigenvalue weighted by molar-refractivity contribution is -0.118. The molecule has 178 valence electrons. The third kappa shape index (κ3) is 5.96. The summed E-state index contributed by atoms with van der Waals surface area (Å²) < 4.78 is 5.44. The number of para-hydroxylation sites is 1. The molecular weight excluding hydrogens is 436 g/mol. The second-order valence-electron chi connectivity index (χ2n) is 9.04. The molecule has 2 heterocycles. The Labute approximate surface area is 203 Å². The molecule has 2 aromatic carbocycles. The van der Waals surface area contributed by atoms with E-state index in [-0.39, 0.29) is 24.1 Å². The molecule has 4 rings (SSSR count). The van der Waals surface area contributed by atoms with E-state index in [1.807, 2.05) is 35.2 Å². The molecule has 1 amide bonds. The number of nitrogens with zero attached hydrogens (tertiary/aromatic N) is 1. The SMILES string of the molecule is COc1ccccc1CC(C)NCCCCCC(=O)c1cc2c3c(c1)CCN3C(=O)CC2.Cl. The van der Waals surface area contributed by atoms with Crippen molar-refractivity contribution in [2.75, 3.05) is 25.1 Å². The number of halogens is 1. The lowest BCUT2D eigenvalue weighted by Crippen LogP contribution is -2.32. The van der Waals surface area contributed by atoms with Crippen LogP contribution in [0, 0.1) is 0 Å². The Bertz CT molecular complexity index is 991. The van der Waals surface area contributed by atoms with Crippen LogP contribution < -0.4 is 15.0 Å². The molecule has 0 aliphatic carbocycles. The number of carbonyl (C=O) groups excluding carboxylic acids is 2. The Morgan fingerprint density at radius 1 is 1.09 bits per heavy atom. The number of hydrogen-bond acceptors (Lipinski definition) is 4. The molecule has 0 fully saturated rings. The quantitative estimate of drug-likeness (QED) is 0.374. The molecule has 1 atom stereocenters. The van der Waals surface area contributed by atoms with Crippen molar-refractivity contribution in [3.05, 3.63) is 58.7 Å². The average molecular weight is 471 g/mol. The van der Waals surface area contributed by atoms with Gasteiger partial charge >= 0.3 is 0 Å². The Morgan fingerprint density at radius 2 is 1.85 bits per heavy atom. The Kier molecular flexibility index (Phi) is 8.93. The van der Waals surface area contributed by atoms with Crippen LogP contribution in [-0.4, -0.2) is 37.9 Å². The number of anilines is 1. The molecule has 2 aromatic rings. The summed E-state index contributed by atoms with van der Waals surface area (Å²) in [6, 6.07) is 12.6. The van der Waals surface area contributed by atoms with Crippen molar-refractivity contribution in [3.8, 4) is 5.75 Å². The van der Waals surface area contributed by atoms with Crippen LogP contribution in [0.2, 0.25) is 0 Å². The zero-order valence-corrected chi connectivity index (χ0v) is 20.5. The molecular formula is C27H35ClN2O3. The minimum Gasteiger partial charge on any atom is -0.496 e. The van der Waals surface area contributed by atoms with Crippen molar-refractivity contribution in [3.63, 3.8) is 0 Å². The molecule has 0 saturated carbocycles. The molecule has 0 radical (unpaired) electrons. The summed E-state index contributed by atoms with van der Waals surface area (Å²) >= 11 is 0. The van der Waals surface area contributed by atoms with Gasteiger partial charge in [-0.1, -0.05) is 24.6 Å². The number of unbranched alkanes of at least 4 members (excludes halogenated alkanes) is 2. The maximum atomic E-state index is 12.8. The van der Waals surface area contributed by atoms with Crippen molar-refractivity contribution in [1.82, 2.24) is 5.32 Å². The molecule has 0 spiro atoms. The second kappa shape index (κ2) is 11.7. The van der Waals surface area contributed by atoms with Gasteiger partial charge in [0.2, 0.25) is 5.91 Å².